The van der Waals surface area contributed by atoms with Crippen molar-refractivity contribution < 1.29 is 4.74 Å². The molecule has 0 radical (unpaired) electrons. The fourth-order valence-corrected chi connectivity index (χ4v) is 0.755. The number of H-pyrrole nitrogens is 1. The van der Waals surface area contributed by atoms with Crippen LogP contribution in [0.4, 0.5) is 0 Å². The zero-order valence-electron chi connectivity index (χ0n) is 6.58. The van der Waals surface area contributed by atoms with E-state index in [9.17, 15) is 0 Å². The zero-order chi connectivity index (χ0) is 7.94. The van der Waals surface area contributed by atoms with Crippen molar-refractivity contribution in [3.63, 3.8) is 0 Å². The molecule has 0 saturated carbocycles. The molecule has 0 bridgehead atoms. The smallest absolute Gasteiger partial charge is 0.109 e. The minimum atomic E-state index is 0.678. The molecule has 60 valence electrons. The average Bonchev–Trinajstić information content (AvgIpc) is 2.50. The number of aromatic amines is 1. The van der Waals surface area contributed by atoms with E-state index in [1.165, 1.54) is 0 Å². The first-order valence-corrected chi connectivity index (χ1v) is 3.64. The quantitative estimate of drug-likeness (QED) is 0.524. The van der Waals surface area contributed by atoms with Crippen LogP contribution in [-0.4, -0.2) is 16.6 Å². The number of aromatic nitrogens is 2. The summed E-state index contributed by atoms with van der Waals surface area (Å²) in [6, 6.07) is 0. The zero-order valence-corrected chi connectivity index (χ0v) is 6.58. The molecular formula is C8H12N2O. The van der Waals surface area contributed by atoms with Crippen molar-refractivity contribution in [1.29, 1.82) is 0 Å². The minimum Gasteiger partial charge on any atom is -0.501 e. The van der Waals surface area contributed by atoms with Gasteiger partial charge < -0.3 is 9.72 Å². The van der Waals surface area contributed by atoms with Crippen molar-refractivity contribution in [1.82, 2.24) is 9.97 Å². The molecule has 0 aliphatic rings. The van der Waals surface area contributed by atoms with Crippen LogP contribution < -0.4 is 0 Å². The molecular weight excluding hydrogens is 140 g/mol. The Morgan fingerprint density at radius 2 is 2.64 bits per heavy atom. The summed E-state index contributed by atoms with van der Waals surface area (Å²) >= 11 is 0. The monoisotopic (exact) mass is 152 g/mol. The summed E-state index contributed by atoms with van der Waals surface area (Å²) in [5.41, 5.74) is 0. The van der Waals surface area contributed by atoms with Gasteiger partial charge in [0, 0.05) is 18.8 Å². The van der Waals surface area contributed by atoms with E-state index in [4.69, 9.17) is 4.74 Å². The molecule has 0 saturated heterocycles. The molecule has 1 aromatic rings. The maximum atomic E-state index is 5.12. The molecule has 1 N–H and O–H groups in total. The molecule has 0 spiro atoms. The second-order valence-corrected chi connectivity index (χ2v) is 2.13. The van der Waals surface area contributed by atoms with Crippen molar-refractivity contribution >= 4 is 0 Å². The molecule has 0 fully saturated rings. The highest BCUT2D eigenvalue weighted by atomic mass is 16.5. The highest BCUT2D eigenvalue weighted by Crippen LogP contribution is 1.90. The van der Waals surface area contributed by atoms with E-state index in [2.05, 4.69) is 9.97 Å². The van der Waals surface area contributed by atoms with Gasteiger partial charge in [0.25, 0.3) is 0 Å². The maximum Gasteiger partial charge on any atom is 0.109 e. The lowest BCUT2D eigenvalue weighted by Gasteiger charge is -1.96. The third-order valence-electron chi connectivity index (χ3n) is 1.24. The van der Waals surface area contributed by atoms with Crippen LogP contribution in [0.1, 0.15) is 12.7 Å². The van der Waals surface area contributed by atoms with Crippen LogP contribution in [0.25, 0.3) is 0 Å². The molecule has 0 aromatic carbocycles. The van der Waals surface area contributed by atoms with Crippen molar-refractivity contribution in [2.24, 2.45) is 0 Å². The van der Waals surface area contributed by atoms with Crippen molar-refractivity contribution in [3.8, 4) is 0 Å². The first-order chi connectivity index (χ1) is 5.43. The van der Waals surface area contributed by atoms with Crippen LogP contribution in [0, 0.1) is 0 Å². The van der Waals surface area contributed by atoms with Gasteiger partial charge in [-0.1, -0.05) is 6.08 Å². The van der Waals surface area contributed by atoms with E-state index >= 15 is 0 Å². The van der Waals surface area contributed by atoms with Crippen LogP contribution in [-0.2, 0) is 11.2 Å². The van der Waals surface area contributed by atoms with Gasteiger partial charge in [-0.3, -0.25) is 0 Å². The number of imidazole rings is 1. The molecule has 0 atom stereocenters. The third-order valence-corrected chi connectivity index (χ3v) is 1.24. The first kappa shape index (κ1) is 7.85. The van der Waals surface area contributed by atoms with Gasteiger partial charge in [-0.25, -0.2) is 4.98 Å². The van der Waals surface area contributed by atoms with Crippen LogP contribution >= 0.6 is 0 Å². The lowest BCUT2D eigenvalue weighted by atomic mass is 10.4. The summed E-state index contributed by atoms with van der Waals surface area (Å²) in [5, 5.41) is 0. The Hall–Kier alpha value is -1.25. The fraction of sp³-hybridized carbons (Fsp3) is 0.375. The number of rotatable bonds is 4. The summed E-state index contributed by atoms with van der Waals surface area (Å²) in [7, 11) is 0. The Bertz CT molecular complexity index is 204. The van der Waals surface area contributed by atoms with E-state index < -0.39 is 0 Å². The van der Waals surface area contributed by atoms with Gasteiger partial charge in [0.05, 0.1) is 12.9 Å². The summed E-state index contributed by atoms with van der Waals surface area (Å²) in [4.78, 5) is 7.05. The summed E-state index contributed by atoms with van der Waals surface area (Å²) in [6.07, 6.45) is 7.93. The molecule has 0 amide bonds. The predicted molar refractivity (Wildman–Crippen MR) is 43.1 cm³/mol. The van der Waals surface area contributed by atoms with Gasteiger partial charge in [-0.15, -0.1) is 0 Å². The highest BCUT2D eigenvalue weighted by Gasteiger charge is 1.91. The number of ether oxygens (including phenoxy) is 1. The molecule has 1 aromatic heterocycles. The number of allylic oxidation sites excluding steroid dienone is 1. The highest BCUT2D eigenvalue weighted by molar-refractivity contribution is 4.86. The van der Waals surface area contributed by atoms with E-state index in [0.29, 0.717) is 6.61 Å². The van der Waals surface area contributed by atoms with Gasteiger partial charge in [-0.2, -0.15) is 0 Å². The third kappa shape index (κ3) is 2.89. The first-order valence-electron chi connectivity index (χ1n) is 3.64. The Morgan fingerprint density at radius 1 is 1.73 bits per heavy atom. The lowest BCUT2D eigenvalue weighted by molar-refractivity contribution is 0.251. The van der Waals surface area contributed by atoms with Gasteiger partial charge in [0.2, 0.25) is 0 Å². The van der Waals surface area contributed by atoms with Gasteiger partial charge in [-0.05, 0) is 6.92 Å². The predicted octanol–water partition coefficient (Wildman–Crippen LogP) is 1.50. The molecule has 0 aliphatic heterocycles. The average molecular weight is 152 g/mol. The number of nitrogens with zero attached hydrogens (tertiary/aromatic N) is 1. The summed E-state index contributed by atoms with van der Waals surface area (Å²) < 4.78 is 5.12. The Labute approximate surface area is 66.1 Å². The Balaban J connectivity index is 2.14. The van der Waals surface area contributed by atoms with E-state index in [1.807, 2.05) is 19.2 Å². The molecule has 11 heavy (non-hydrogen) atoms. The normalized spacial score (nSPS) is 10.6. The SMILES string of the molecule is CC=COCCc1ncc[nH]1. The molecule has 3 heteroatoms. The second kappa shape index (κ2) is 4.55. The van der Waals surface area contributed by atoms with Crippen molar-refractivity contribution in [2.75, 3.05) is 6.61 Å². The summed E-state index contributed by atoms with van der Waals surface area (Å²) in [5.74, 6) is 0.967. The van der Waals surface area contributed by atoms with Gasteiger partial charge in [0.15, 0.2) is 0 Å². The van der Waals surface area contributed by atoms with Gasteiger partial charge in [0.1, 0.15) is 5.82 Å². The van der Waals surface area contributed by atoms with Crippen LogP contribution in [0.5, 0.6) is 0 Å². The van der Waals surface area contributed by atoms with E-state index in [1.54, 1.807) is 12.5 Å². The molecule has 3 nitrogen and oxygen atoms in total. The maximum absolute atomic E-state index is 5.12. The largest absolute Gasteiger partial charge is 0.501 e. The minimum absolute atomic E-state index is 0.678. The standard InChI is InChI=1S/C8H12N2O/c1-2-6-11-7-3-8-9-4-5-10-8/h2,4-6H,3,7H2,1H3,(H,9,10). The second-order valence-electron chi connectivity index (χ2n) is 2.13. The molecule has 1 heterocycles. The van der Waals surface area contributed by atoms with Gasteiger partial charge >= 0.3 is 0 Å². The number of nitrogens with one attached hydrogen (secondary N) is 1. The Kier molecular flexibility index (Phi) is 3.25. The van der Waals surface area contributed by atoms with Crippen molar-refractivity contribution in [2.45, 2.75) is 13.3 Å². The number of hydrogen-bond donors (Lipinski definition) is 1. The Morgan fingerprint density at radius 3 is 3.27 bits per heavy atom. The number of hydrogen-bond acceptors (Lipinski definition) is 2. The lowest BCUT2D eigenvalue weighted by Crippen LogP contribution is -1.95. The van der Waals surface area contributed by atoms with Crippen LogP contribution in [0.2, 0.25) is 0 Å². The van der Waals surface area contributed by atoms with Crippen LogP contribution in [0.15, 0.2) is 24.7 Å². The topological polar surface area (TPSA) is 37.9 Å². The summed E-state index contributed by atoms with van der Waals surface area (Å²) in [6.45, 7) is 2.60. The molecule has 1 rings (SSSR count). The molecule has 0 unspecified atom stereocenters. The van der Waals surface area contributed by atoms with E-state index in [-0.39, 0.29) is 0 Å². The van der Waals surface area contributed by atoms with Crippen LogP contribution in [0.3, 0.4) is 0 Å². The van der Waals surface area contributed by atoms with E-state index in [0.717, 1.165) is 12.2 Å². The fourth-order valence-electron chi connectivity index (χ4n) is 0.755. The molecule has 0 aliphatic carbocycles. The van der Waals surface area contributed by atoms with Crippen molar-refractivity contribution in [3.05, 3.63) is 30.6 Å².